The Bertz CT molecular complexity index is 463. The number of hydrogen-bond donors (Lipinski definition) is 2. The first kappa shape index (κ1) is 12.7. The lowest BCUT2D eigenvalue weighted by atomic mass is 9.84. The summed E-state index contributed by atoms with van der Waals surface area (Å²) in [5.74, 6) is 0.777. The second-order valence-corrected chi connectivity index (χ2v) is 5.73. The van der Waals surface area contributed by atoms with Gasteiger partial charge in [-0.15, -0.1) is 0 Å². The molecule has 1 amide bonds. The topological polar surface area (TPSA) is 50.4 Å². The monoisotopic (exact) mass is 248 g/mol. The van der Waals surface area contributed by atoms with Crippen molar-refractivity contribution < 1.29 is 9.53 Å². The van der Waals surface area contributed by atoms with Crippen LogP contribution in [0.5, 0.6) is 5.75 Å². The van der Waals surface area contributed by atoms with E-state index in [-0.39, 0.29) is 17.4 Å². The number of rotatable bonds is 1. The summed E-state index contributed by atoms with van der Waals surface area (Å²) < 4.78 is 5.17. The van der Waals surface area contributed by atoms with Crippen LogP contribution >= 0.6 is 0 Å². The minimum atomic E-state index is 0.0267. The molecular weight excluding hydrogens is 228 g/mol. The third-order valence-corrected chi connectivity index (χ3v) is 3.27. The lowest BCUT2D eigenvalue weighted by molar-refractivity contribution is -0.116. The molecule has 18 heavy (non-hydrogen) atoms. The highest BCUT2D eigenvalue weighted by atomic mass is 16.5. The third-order valence-electron chi connectivity index (χ3n) is 3.27. The van der Waals surface area contributed by atoms with E-state index in [2.05, 4.69) is 31.4 Å². The van der Waals surface area contributed by atoms with Gasteiger partial charge >= 0.3 is 0 Å². The van der Waals surface area contributed by atoms with Crippen molar-refractivity contribution >= 4 is 17.3 Å². The van der Waals surface area contributed by atoms with E-state index in [1.807, 2.05) is 18.2 Å². The molecule has 98 valence electrons. The van der Waals surface area contributed by atoms with Crippen LogP contribution in [-0.2, 0) is 4.79 Å². The number of amides is 1. The van der Waals surface area contributed by atoms with E-state index in [0.717, 1.165) is 17.1 Å². The van der Waals surface area contributed by atoms with Gasteiger partial charge < -0.3 is 15.4 Å². The number of carbonyl (C=O) groups is 1. The van der Waals surface area contributed by atoms with Crippen LogP contribution in [0.2, 0.25) is 0 Å². The largest absolute Gasteiger partial charge is 0.497 e. The van der Waals surface area contributed by atoms with E-state index in [1.165, 1.54) is 0 Å². The van der Waals surface area contributed by atoms with Gasteiger partial charge in [0.2, 0.25) is 5.91 Å². The van der Waals surface area contributed by atoms with Crippen molar-refractivity contribution in [2.45, 2.75) is 33.2 Å². The number of methoxy groups -OCH3 is 1. The number of nitrogens with one attached hydrogen (secondary N) is 2. The second kappa shape index (κ2) is 4.52. The van der Waals surface area contributed by atoms with Gasteiger partial charge in [0.15, 0.2) is 0 Å². The predicted octanol–water partition coefficient (Wildman–Crippen LogP) is 2.86. The van der Waals surface area contributed by atoms with Gasteiger partial charge in [-0.3, -0.25) is 4.79 Å². The quantitative estimate of drug-likeness (QED) is 0.803. The Labute approximate surface area is 108 Å². The van der Waals surface area contributed by atoms with Crippen molar-refractivity contribution in [3.05, 3.63) is 18.2 Å². The fraction of sp³-hybridized carbons (Fsp3) is 0.500. The maximum Gasteiger partial charge on any atom is 0.226 e. The summed E-state index contributed by atoms with van der Waals surface area (Å²) in [6.45, 7) is 6.39. The molecule has 0 saturated heterocycles. The SMILES string of the molecule is COc1ccc2c(c1)NC(=O)CC(C(C)(C)C)N2. The molecule has 1 aliphatic heterocycles. The summed E-state index contributed by atoms with van der Waals surface area (Å²) in [7, 11) is 1.62. The first-order valence-corrected chi connectivity index (χ1v) is 6.14. The van der Waals surface area contributed by atoms with Gasteiger partial charge in [0, 0.05) is 18.5 Å². The zero-order valence-electron chi connectivity index (χ0n) is 11.3. The van der Waals surface area contributed by atoms with Crippen LogP contribution in [0.3, 0.4) is 0 Å². The molecule has 1 aromatic carbocycles. The molecule has 1 aromatic rings. The van der Waals surface area contributed by atoms with Crippen LogP contribution in [0.4, 0.5) is 11.4 Å². The van der Waals surface area contributed by atoms with Crippen LogP contribution in [0.25, 0.3) is 0 Å². The number of anilines is 2. The van der Waals surface area contributed by atoms with E-state index in [0.29, 0.717) is 6.42 Å². The van der Waals surface area contributed by atoms with Crippen molar-refractivity contribution in [2.75, 3.05) is 17.7 Å². The highest BCUT2D eigenvalue weighted by molar-refractivity contribution is 5.96. The first-order chi connectivity index (χ1) is 8.40. The minimum absolute atomic E-state index is 0.0267. The van der Waals surface area contributed by atoms with Crippen molar-refractivity contribution in [3.63, 3.8) is 0 Å². The zero-order chi connectivity index (χ0) is 13.3. The fourth-order valence-corrected chi connectivity index (χ4v) is 2.03. The Kier molecular flexibility index (Phi) is 3.20. The molecule has 1 atom stereocenters. The molecule has 4 heteroatoms. The number of hydrogen-bond acceptors (Lipinski definition) is 3. The Balaban J connectivity index is 2.36. The summed E-state index contributed by atoms with van der Waals surface area (Å²) in [6, 6.07) is 5.79. The van der Waals surface area contributed by atoms with Crippen LogP contribution < -0.4 is 15.4 Å². The van der Waals surface area contributed by atoms with Gasteiger partial charge in [0.05, 0.1) is 18.5 Å². The number of carbonyl (C=O) groups excluding carboxylic acids is 1. The second-order valence-electron chi connectivity index (χ2n) is 5.73. The molecule has 0 saturated carbocycles. The van der Waals surface area contributed by atoms with Crippen LogP contribution in [0, 0.1) is 5.41 Å². The normalized spacial score (nSPS) is 19.3. The Morgan fingerprint density at radius 2 is 2.00 bits per heavy atom. The lowest BCUT2D eigenvalue weighted by Crippen LogP contribution is -2.35. The van der Waals surface area contributed by atoms with E-state index < -0.39 is 0 Å². The number of fused-ring (bicyclic) bond motifs is 1. The predicted molar refractivity (Wildman–Crippen MR) is 73.1 cm³/mol. The molecule has 1 heterocycles. The summed E-state index contributed by atoms with van der Waals surface area (Å²) in [6.07, 6.45) is 0.473. The molecule has 0 spiro atoms. The molecule has 0 fully saturated rings. The molecular formula is C14H20N2O2. The smallest absolute Gasteiger partial charge is 0.226 e. The zero-order valence-corrected chi connectivity index (χ0v) is 11.3. The molecule has 0 aromatic heterocycles. The fourth-order valence-electron chi connectivity index (χ4n) is 2.03. The van der Waals surface area contributed by atoms with Crippen molar-refractivity contribution in [3.8, 4) is 5.75 Å². The summed E-state index contributed by atoms with van der Waals surface area (Å²) in [4.78, 5) is 11.9. The standard InChI is InChI=1S/C14H20N2O2/c1-14(2,3)12-8-13(17)16-11-7-9(18-4)5-6-10(11)15-12/h5-7,12,15H,8H2,1-4H3,(H,16,17). The van der Waals surface area contributed by atoms with Gasteiger partial charge in [0.25, 0.3) is 0 Å². The van der Waals surface area contributed by atoms with Gasteiger partial charge in [-0.2, -0.15) is 0 Å². The third kappa shape index (κ3) is 2.58. The van der Waals surface area contributed by atoms with Crippen LogP contribution in [0.1, 0.15) is 27.2 Å². The van der Waals surface area contributed by atoms with E-state index in [1.54, 1.807) is 7.11 Å². The van der Waals surface area contributed by atoms with Gasteiger partial charge in [-0.05, 0) is 17.5 Å². The molecule has 2 N–H and O–H groups in total. The summed E-state index contributed by atoms with van der Waals surface area (Å²) in [5.41, 5.74) is 1.76. The first-order valence-electron chi connectivity index (χ1n) is 6.14. The molecule has 2 rings (SSSR count). The Morgan fingerprint density at radius 3 is 2.61 bits per heavy atom. The Morgan fingerprint density at radius 1 is 1.28 bits per heavy atom. The molecule has 0 aliphatic carbocycles. The number of ether oxygens (including phenoxy) is 1. The Hall–Kier alpha value is -1.71. The highest BCUT2D eigenvalue weighted by Gasteiger charge is 2.30. The lowest BCUT2D eigenvalue weighted by Gasteiger charge is -2.30. The van der Waals surface area contributed by atoms with E-state index in [4.69, 9.17) is 4.74 Å². The van der Waals surface area contributed by atoms with Crippen LogP contribution in [-0.4, -0.2) is 19.1 Å². The van der Waals surface area contributed by atoms with Crippen molar-refractivity contribution in [1.82, 2.24) is 0 Å². The summed E-state index contributed by atoms with van der Waals surface area (Å²) >= 11 is 0. The average molecular weight is 248 g/mol. The summed E-state index contributed by atoms with van der Waals surface area (Å²) in [5, 5.41) is 6.36. The molecule has 1 aliphatic rings. The highest BCUT2D eigenvalue weighted by Crippen LogP contribution is 2.34. The van der Waals surface area contributed by atoms with Crippen molar-refractivity contribution in [1.29, 1.82) is 0 Å². The average Bonchev–Trinajstić information content (AvgIpc) is 2.45. The van der Waals surface area contributed by atoms with Gasteiger partial charge in [-0.1, -0.05) is 20.8 Å². The van der Waals surface area contributed by atoms with E-state index >= 15 is 0 Å². The molecule has 1 unspecified atom stereocenters. The maximum absolute atomic E-state index is 11.9. The molecule has 0 bridgehead atoms. The maximum atomic E-state index is 11.9. The van der Waals surface area contributed by atoms with Gasteiger partial charge in [0.1, 0.15) is 5.75 Å². The molecule has 0 radical (unpaired) electrons. The van der Waals surface area contributed by atoms with E-state index in [9.17, 15) is 4.79 Å². The van der Waals surface area contributed by atoms with Crippen LogP contribution in [0.15, 0.2) is 18.2 Å². The van der Waals surface area contributed by atoms with Gasteiger partial charge in [-0.25, -0.2) is 0 Å². The minimum Gasteiger partial charge on any atom is -0.497 e. The number of benzene rings is 1. The molecule has 4 nitrogen and oxygen atoms in total. The van der Waals surface area contributed by atoms with Crippen molar-refractivity contribution in [2.24, 2.45) is 5.41 Å².